The van der Waals surface area contributed by atoms with Crippen molar-refractivity contribution < 1.29 is 9.53 Å². The molecule has 0 N–H and O–H groups in total. The van der Waals surface area contributed by atoms with Gasteiger partial charge in [0, 0.05) is 17.7 Å². The number of para-hydroxylation sites is 1. The predicted octanol–water partition coefficient (Wildman–Crippen LogP) is 2.21. The molecule has 0 bridgehead atoms. The summed E-state index contributed by atoms with van der Waals surface area (Å²) in [7, 11) is 0. The van der Waals surface area contributed by atoms with Crippen molar-refractivity contribution in [3.05, 3.63) is 42.4 Å². The SMILES string of the molecule is CCOC(=O)/C=C/c1ncc2ccccc2n1. The van der Waals surface area contributed by atoms with Gasteiger partial charge >= 0.3 is 5.97 Å². The van der Waals surface area contributed by atoms with Crippen LogP contribution in [0.1, 0.15) is 12.7 Å². The minimum Gasteiger partial charge on any atom is -0.463 e. The topological polar surface area (TPSA) is 52.1 Å². The first kappa shape index (κ1) is 11.3. The largest absolute Gasteiger partial charge is 0.463 e. The molecular formula is C13H12N2O2. The van der Waals surface area contributed by atoms with E-state index in [1.54, 1.807) is 19.2 Å². The molecule has 1 heterocycles. The third-order valence-electron chi connectivity index (χ3n) is 2.16. The van der Waals surface area contributed by atoms with E-state index < -0.39 is 0 Å². The van der Waals surface area contributed by atoms with Crippen LogP contribution in [0.2, 0.25) is 0 Å². The van der Waals surface area contributed by atoms with Gasteiger partial charge in [0.05, 0.1) is 12.1 Å². The van der Waals surface area contributed by atoms with Crippen LogP contribution in [-0.4, -0.2) is 22.5 Å². The lowest BCUT2D eigenvalue weighted by Gasteiger charge is -1.97. The fourth-order valence-corrected chi connectivity index (χ4v) is 1.40. The number of esters is 1. The molecule has 0 aliphatic rings. The average molecular weight is 228 g/mol. The number of carbonyl (C=O) groups is 1. The van der Waals surface area contributed by atoms with Crippen LogP contribution in [0.3, 0.4) is 0 Å². The Morgan fingerprint density at radius 1 is 1.41 bits per heavy atom. The summed E-state index contributed by atoms with van der Waals surface area (Å²) in [5, 5.41) is 0.973. The number of aromatic nitrogens is 2. The van der Waals surface area contributed by atoms with Gasteiger partial charge in [0.2, 0.25) is 0 Å². The van der Waals surface area contributed by atoms with Crippen LogP contribution >= 0.6 is 0 Å². The minimum absolute atomic E-state index is 0.363. The second-order valence-corrected chi connectivity index (χ2v) is 3.37. The summed E-state index contributed by atoms with van der Waals surface area (Å²) in [5.74, 6) is 0.112. The van der Waals surface area contributed by atoms with E-state index in [-0.39, 0.29) is 5.97 Å². The van der Waals surface area contributed by atoms with Crippen LogP contribution in [0.25, 0.3) is 17.0 Å². The summed E-state index contributed by atoms with van der Waals surface area (Å²) in [6.07, 6.45) is 4.60. The monoisotopic (exact) mass is 228 g/mol. The van der Waals surface area contributed by atoms with Gasteiger partial charge in [0.1, 0.15) is 0 Å². The Kier molecular flexibility index (Phi) is 3.45. The van der Waals surface area contributed by atoms with Gasteiger partial charge in [-0.15, -0.1) is 0 Å². The van der Waals surface area contributed by atoms with E-state index >= 15 is 0 Å². The summed E-state index contributed by atoms with van der Waals surface area (Å²) in [5.41, 5.74) is 0.853. The number of carbonyl (C=O) groups excluding carboxylic acids is 1. The van der Waals surface area contributed by atoms with Gasteiger partial charge in [0.15, 0.2) is 5.82 Å². The van der Waals surface area contributed by atoms with Crippen LogP contribution in [0, 0.1) is 0 Å². The number of hydrogen-bond donors (Lipinski definition) is 0. The van der Waals surface area contributed by atoms with E-state index in [4.69, 9.17) is 4.74 Å². The third-order valence-corrected chi connectivity index (χ3v) is 2.16. The molecule has 1 aromatic heterocycles. The zero-order chi connectivity index (χ0) is 12.1. The highest BCUT2D eigenvalue weighted by Gasteiger charge is 1.98. The first-order chi connectivity index (χ1) is 8.29. The third kappa shape index (κ3) is 2.87. The molecule has 0 atom stereocenters. The van der Waals surface area contributed by atoms with Gasteiger partial charge in [-0.05, 0) is 19.1 Å². The maximum atomic E-state index is 11.1. The molecule has 2 aromatic rings. The Balaban J connectivity index is 2.22. The molecule has 4 nitrogen and oxygen atoms in total. The lowest BCUT2D eigenvalue weighted by molar-refractivity contribution is -0.137. The summed E-state index contributed by atoms with van der Waals surface area (Å²) in [6, 6.07) is 7.68. The summed E-state index contributed by atoms with van der Waals surface area (Å²) < 4.78 is 4.77. The van der Waals surface area contributed by atoms with Crippen molar-refractivity contribution >= 4 is 22.9 Å². The molecule has 4 heteroatoms. The lowest BCUT2D eigenvalue weighted by Crippen LogP contribution is -1.99. The van der Waals surface area contributed by atoms with E-state index in [0.717, 1.165) is 10.9 Å². The highest BCUT2D eigenvalue weighted by Crippen LogP contribution is 2.09. The van der Waals surface area contributed by atoms with Crippen LogP contribution in [-0.2, 0) is 9.53 Å². The number of fused-ring (bicyclic) bond motifs is 1. The van der Waals surface area contributed by atoms with Crippen LogP contribution in [0.15, 0.2) is 36.5 Å². The van der Waals surface area contributed by atoms with Crippen LogP contribution in [0.5, 0.6) is 0 Å². The summed E-state index contributed by atoms with van der Waals surface area (Å²) in [4.78, 5) is 19.6. The van der Waals surface area contributed by atoms with Gasteiger partial charge < -0.3 is 4.74 Å². The molecule has 17 heavy (non-hydrogen) atoms. The first-order valence-corrected chi connectivity index (χ1v) is 5.36. The predicted molar refractivity (Wildman–Crippen MR) is 65.2 cm³/mol. The average Bonchev–Trinajstić information content (AvgIpc) is 2.36. The fraction of sp³-hybridized carbons (Fsp3) is 0.154. The van der Waals surface area contributed by atoms with E-state index in [9.17, 15) is 4.79 Å². The molecule has 2 rings (SSSR count). The van der Waals surface area contributed by atoms with Crippen molar-refractivity contribution in [1.82, 2.24) is 9.97 Å². The maximum absolute atomic E-state index is 11.1. The second kappa shape index (κ2) is 5.21. The van der Waals surface area contributed by atoms with Crippen molar-refractivity contribution in [1.29, 1.82) is 0 Å². The Hall–Kier alpha value is -2.23. The van der Waals surface area contributed by atoms with Crippen molar-refractivity contribution in [2.24, 2.45) is 0 Å². The van der Waals surface area contributed by atoms with E-state index in [1.807, 2.05) is 24.3 Å². The van der Waals surface area contributed by atoms with Crippen LogP contribution in [0.4, 0.5) is 0 Å². The standard InChI is InChI=1S/C13H12N2O2/c1-2-17-13(16)8-7-12-14-9-10-5-3-4-6-11(10)15-12/h3-9H,2H2,1H3/b8-7+. The zero-order valence-corrected chi connectivity index (χ0v) is 9.46. The molecule has 0 aliphatic heterocycles. The van der Waals surface area contributed by atoms with Crippen LogP contribution < -0.4 is 0 Å². The molecule has 86 valence electrons. The molecule has 1 aromatic carbocycles. The highest BCUT2D eigenvalue weighted by molar-refractivity contribution is 5.87. The van der Waals surface area contributed by atoms with Gasteiger partial charge in [-0.2, -0.15) is 0 Å². The van der Waals surface area contributed by atoms with Gasteiger partial charge in [-0.3, -0.25) is 0 Å². The summed E-state index contributed by atoms with van der Waals surface area (Å²) in [6.45, 7) is 2.13. The molecule has 0 spiro atoms. The maximum Gasteiger partial charge on any atom is 0.330 e. The van der Waals surface area contributed by atoms with Crippen molar-refractivity contribution in [2.75, 3.05) is 6.61 Å². The van der Waals surface area contributed by atoms with Gasteiger partial charge in [-0.1, -0.05) is 18.2 Å². The number of nitrogens with zero attached hydrogens (tertiary/aromatic N) is 2. The molecule has 0 radical (unpaired) electrons. The summed E-state index contributed by atoms with van der Waals surface area (Å²) >= 11 is 0. The lowest BCUT2D eigenvalue weighted by atomic mass is 10.2. The molecule has 0 fully saturated rings. The number of hydrogen-bond acceptors (Lipinski definition) is 4. The van der Waals surface area contributed by atoms with Crippen molar-refractivity contribution in [3.8, 4) is 0 Å². The van der Waals surface area contributed by atoms with Crippen molar-refractivity contribution in [2.45, 2.75) is 6.92 Å². The second-order valence-electron chi connectivity index (χ2n) is 3.37. The molecule has 0 saturated carbocycles. The highest BCUT2D eigenvalue weighted by atomic mass is 16.5. The Bertz CT molecular complexity index is 564. The Labute approximate surface area is 99.0 Å². The molecule has 0 aliphatic carbocycles. The van der Waals surface area contributed by atoms with Crippen molar-refractivity contribution in [3.63, 3.8) is 0 Å². The molecule has 0 amide bonds. The molecule has 0 unspecified atom stereocenters. The first-order valence-electron chi connectivity index (χ1n) is 5.36. The van der Waals surface area contributed by atoms with E-state index in [2.05, 4.69) is 9.97 Å². The zero-order valence-electron chi connectivity index (χ0n) is 9.46. The fourth-order valence-electron chi connectivity index (χ4n) is 1.40. The van der Waals surface area contributed by atoms with E-state index in [1.165, 1.54) is 6.08 Å². The molecular weight excluding hydrogens is 216 g/mol. The Morgan fingerprint density at radius 2 is 2.24 bits per heavy atom. The smallest absolute Gasteiger partial charge is 0.330 e. The van der Waals surface area contributed by atoms with Gasteiger partial charge in [-0.25, -0.2) is 14.8 Å². The minimum atomic E-state index is -0.385. The normalized spacial score (nSPS) is 10.9. The number of ether oxygens (including phenoxy) is 1. The number of benzene rings is 1. The quantitative estimate of drug-likeness (QED) is 0.597. The van der Waals surface area contributed by atoms with E-state index in [0.29, 0.717) is 12.4 Å². The number of rotatable bonds is 3. The van der Waals surface area contributed by atoms with Gasteiger partial charge in [0.25, 0.3) is 0 Å². The Morgan fingerprint density at radius 3 is 3.06 bits per heavy atom. The molecule has 0 saturated heterocycles.